The van der Waals surface area contributed by atoms with Gasteiger partial charge in [-0.25, -0.2) is 17.2 Å². The molecule has 3 aromatic rings. The largest absolute Gasteiger partial charge is 0.496 e. The molecule has 0 heterocycles. The molecule has 3 nitrogen and oxygen atoms in total. The maximum atomic E-state index is 14.7. The second-order valence-electron chi connectivity index (χ2n) is 5.44. The highest BCUT2D eigenvalue weighted by Gasteiger charge is 2.20. The summed E-state index contributed by atoms with van der Waals surface area (Å²) in [6, 6.07) is 12.6. The molecular weight excluding hydrogens is 382 g/mol. The summed E-state index contributed by atoms with van der Waals surface area (Å²) in [4.78, 5) is -0.349. The van der Waals surface area contributed by atoms with Crippen LogP contribution in [0.4, 0.5) is 8.78 Å². The Kier molecular flexibility index (Phi) is 4.98. The number of hydrogen-bond acceptors (Lipinski definition) is 3. The van der Waals surface area contributed by atoms with E-state index in [1.807, 2.05) is 0 Å². The normalized spacial score (nSPS) is 11.4. The van der Waals surface area contributed by atoms with Crippen LogP contribution in [-0.2, 0) is 9.84 Å². The van der Waals surface area contributed by atoms with Crippen LogP contribution in [0.2, 0.25) is 5.02 Å². The van der Waals surface area contributed by atoms with Crippen LogP contribution in [0.3, 0.4) is 0 Å². The van der Waals surface area contributed by atoms with Crippen LogP contribution in [0.1, 0.15) is 0 Å². The van der Waals surface area contributed by atoms with Crippen LogP contribution in [0.5, 0.6) is 5.75 Å². The molecule has 0 aliphatic rings. The van der Waals surface area contributed by atoms with E-state index < -0.39 is 21.5 Å². The summed E-state index contributed by atoms with van der Waals surface area (Å²) in [6.07, 6.45) is 0. The minimum absolute atomic E-state index is 0.119. The molecule has 0 fully saturated rings. The monoisotopic (exact) mass is 394 g/mol. The van der Waals surface area contributed by atoms with Gasteiger partial charge in [-0.1, -0.05) is 11.6 Å². The van der Waals surface area contributed by atoms with Gasteiger partial charge in [0.15, 0.2) is 0 Å². The summed E-state index contributed by atoms with van der Waals surface area (Å²) in [5, 5.41) is 0.392. The maximum absolute atomic E-state index is 14.7. The lowest BCUT2D eigenvalue weighted by atomic mass is 10.0. The molecule has 0 atom stereocenters. The van der Waals surface area contributed by atoms with Crippen molar-refractivity contribution in [1.82, 2.24) is 0 Å². The molecule has 0 aliphatic heterocycles. The Balaban J connectivity index is 2.08. The molecule has 3 rings (SSSR count). The Hall–Kier alpha value is -2.44. The van der Waals surface area contributed by atoms with Crippen LogP contribution in [0.25, 0.3) is 11.1 Å². The fourth-order valence-corrected chi connectivity index (χ4v) is 3.97. The number of sulfone groups is 1. The van der Waals surface area contributed by atoms with E-state index in [0.717, 1.165) is 30.3 Å². The fourth-order valence-electron chi connectivity index (χ4n) is 2.52. The van der Waals surface area contributed by atoms with Gasteiger partial charge in [0.2, 0.25) is 9.84 Å². The molecule has 26 heavy (non-hydrogen) atoms. The minimum Gasteiger partial charge on any atom is -0.496 e. The topological polar surface area (TPSA) is 43.4 Å². The van der Waals surface area contributed by atoms with E-state index in [0.29, 0.717) is 16.3 Å². The second-order valence-corrected chi connectivity index (χ2v) is 7.83. The van der Waals surface area contributed by atoms with Crippen molar-refractivity contribution in [3.8, 4) is 16.9 Å². The van der Waals surface area contributed by atoms with Crippen molar-refractivity contribution in [2.24, 2.45) is 0 Å². The Morgan fingerprint density at radius 1 is 0.846 bits per heavy atom. The van der Waals surface area contributed by atoms with Crippen LogP contribution in [0.15, 0.2) is 70.5 Å². The first-order valence-electron chi connectivity index (χ1n) is 7.47. The highest BCUT2D eigenvalue weighted by atomic mass is 35.5. The van der Waals surface area contributed by atoms with Crippen molar-refractivity contribution in [1.29, 1.82) is 0 Å². The zero-order valence-electron chi connectivity index (χ0n) is 13.5. The van der Waals surface area contributed by atoms with Crippen LogP contribution in [0, 0.1) is 11.6 Å². The lowest BCUT2D eigenvalue weighted by Gasteiger charge is -2.11. The van der Waals surface area contributed by atoms with Gasteiger partial charge >= 0.3 is 0 Å². The summed E-state index contributed by atoms with van der Waals surface area (Å²) in [7, 11) is -2.52. The van der Waals surface area contributed by atoms with Crippen LogP contribution >= 0.6 is 11.6 Å². The summed E-state index contributed by atoms with van der Waals surface area (Å²) >= 11 is 5.97. The average Bonchev–Trinajstić information content (AvgIpc) is 2.62. The fraction of sp³-hybridized carbons (Fsp3) is 0.0526. The summed E-state index contributed by atoms with van der Waals surface area (Å²) in [5.41, 5.74) is 0.561. The highest BCUT2D eigenvalue weighted by molar-refractivity contribution is 7.91. The molecule has 134 valence electrons. The first-order chi connectivity index (χ1) is 12.3. The van der Waals surface area contributed by atoms with E-state index in [1.54, 1.807) is 12.1 Å². The standard InChI is InChI=1S/C19H13ClF2O3S/c1-25-19-9-2-12(20)10-17(19)16-8-7-15(11-18(16)22)26(23,24)14-5-3-13(21)4-6-14/h2-11H,1H3. The molecule has 0 N–H and O–H groups in total. The number of rotatable bonds is 4. The van der Waals surface area contributed by atoms with Crippen LogP contribution in [-0.4, -0.2) is 15.5 Å². The third kappa shape index (κ3) is 3.43. The van der Waals surface area contributed by atoms with Crippen molar-refractivity contribution < 1.29 is 21.9 Å². The molecule has 0 radical (unpaired) electrons. The molecule has 0 spiro atoms. The molecular formula is C19H13ClF2O3S. The average molecular weight is 395 g/mol. The molecule has 0 amide bonds. The van der Waals surface area contributed by atoms with Gasteiger partial charge in [0.25, 0.3) is 0 Å². The van der Waals surface area contributed by atoms with Crippen molar-refractivity contribution in [3.63, 3.8) is 0 Å². The van der Waals surface area contributed by atoms with E-state index in [1.165, 1.54) is 25.3 Å². The molecule has 0 aliphatic carbocycles. The Morgan fingerprint density at radius 2 is 1.50 bits per heavy atom. The van der Waals surface area contributed by atoms with Crippen LogP contribution < -0.4 is 4.74 Å². The molecule has 0 aromatic heterocycles. The summed E-state index contributed by atoms with van der Waals surface area (Å²) in [6.45, 7) is 0. The number of hydrogen-bond donors (Lipinski definition) is 0. The van der Waals surface area contributed by atoms with E-state index in [-0.39, 0.29) is 15.4 Å². The molecule has 3 aromatic carbocycles. The number of halogens is 3. The minimum atomic E-state index is -3.97. The van der Waals surface area contributed by atoms with Crippen molar-refractivity contribution in [3.05, 3.63) is 77.3 Å². The predicted molar refractivity (Wildman–Crippen MR) is 95.2 cm³/mol. The highest BCUT2D eigenvalue weighted by Crippen LogP contribution is 2.35. The quantitative estimate of drug-likeness (QED) is 0.576. The van der Waals surface area contributed by atoms with Gasteiger partial charge in [0.05, 0.1) is 16.9 Å². The van der Waals surface area contributed by atoms with Gasteiger partial charge in [0.1, 0.15) is 17.4 Å². The maximum Gasteiger partial charge on any atom is 0.206 e. The molecule has 0 saturated heterocycles. The van der Waals surface area contributed by atoms with Gasteiger partial charge in [-0.15, -0.1) is 0 Å². The van der Waals surface area contributed by atoms with Crippen molar-refractivity contribution in [2.75, 3.05) is 7.11 Å². The molecule has 0 bridgehead atoms. The lowest BCUT2D eigenvalue weighted by molar-refractivity contribution is 0.416. The third-order valence-corrected chi connectivity index (χ3v) is 5.83. The Morgan fingerprint density at radius 3 is 2.12 bits per heavy atom. The number of ether oxygens (including phenoxy) is 1. The van der Waals surface area contributed by atoms with E-state index in [2.05, 4.69) is 0 Å². The summed E-state index contributed by atoms with van der Waals surface area (Å²) < 4.78 is 58.1. The summed E-state index contributed by atoms with van der Waals surface area (Å²) in [5.74, 6) is -0.894. The van der Waals surface area contributed by atoms with Gasteiger partial charge in [-0.3, -0.25) is 0 Å². The smallest absolute Gasteiger partial charge is 0.206 e. The molecule has 0 unspecified atom stereocenters. The van der Waals surface area contributed by atoms with E-state index in [9.17, 15) is 17.2 Å². The number of benzene rings is 3. The first-order valence-corrected chi connectivity index (χ1v) is 9.33. The third-order valence-electron chi connectivity index (χ3n) is 3.83. The number of methoxy groups -OCH3 is 1. The van der Waals surface area contributed by atoms with Gasteiger partial charge in [-0.05, 0) is 60.7 Å². The Labute approximate surface area is 154 Å². The zero-order chi connectivity index (χ0) is 18.9. The van der Waals surface area contributed by atoms with E-state index >= 15 is 0 Å². The second kappa shape index (κ2) is 7.05. The predicted octanol–water partition coefficient (Wildman–Crippen LogP) is 5.13. The SMILES string of the molecule is COc1ccc(Cl)cc1-c1ccc(S(=O)(=O)c2ccc(F)cc2)cc1F. The first kappa shape index (κ1) is 18.4. The van der Waals surface area contributed by atoms with Gasteiger partial charge < -0.3 is 4.74 Å². The molecule has 0 saturated carbocycles. The Bertz CT molecular complexity index is 1060. The lowest BCUT2D eigenvalue weighted by Crippen LogP contribution is -2.03. The van der Waals surface area contributed by atoms with Crippen molar-refractivity contribution >= 4 is 21.4 Å². The van der Waals surface area contributed by atoms with E-state index in [4.69, 9.17) is 16.3 Å². The van der Waals surface area contributed by atoms with Gasteiger partial charge in [-0.2, -0.15) is 0 Å². The molecule has 7 heteroatoms. The van der Waals surface area contributed by atoms with Gasteiger partial charge in [0, 0.05) is 16.1 Å². The zero-order valence-corrected chi connectivity index (χ0v) is 15.1. The van der Waals surface area contributed by atoms with Crippen molar-refractivity contribution in [2.45, 2.75) is 9.79 Å².